The van der Waals surface area contributed by atoms with Gasteiger partial charge in [-0.1, -0.05) is 49.2 Å². The first-order valence-corrected chi connectivity index (χ1v) is 10.2. The molecule has 146 valence electrons. The Bertz CT molecular complexity index is 829. The van der Waals surface area contributed by atoms with Gasteiger partial charge in [-0.3, -0.25) is 4.79 Å². The number of carbonyl (C=O) groups is 2. The second kappa shape index (κ2) is 8.46. The minimum absolute atomic E-state index is 0.0530. The van der Waals surface area contributed by atoms with Gasteiger partial charge in [-0.05, 0) is 43.0 Å². The Morgan fingerprint density at radius 1 is 0.893 bits per heavy atom. The molecule has 0 bridgehead atoms. The maximum atomic E-state index is 12.8. The summed E-state index contributed by atoms with van der Waals surface area (Å²) in [5.74, 6) is 0.445. The molecule has 0 aromatic heterocycles. The van der Waals surface area contributed by atoms with Crippen LogP contribution in [-0.4, -0.2) is 36.0 Å². The molecule has 0 unspecified atom stereocenters. The van der Waals surface area contributed by atoms with Gasteiger partial charge in [0, 0.05) is 36.3 Å². The molecule has 1 heterocycles. The van der Waals surface area contributed by atoms with Crippen molar-refractivity contribution in [2.75, 3.05) is 18.4 Å². The number of hydrogen-bond acceptors (Lipinski definition) is 2. The minimum atomic E-state index is -0.220. The average molecular weight is 377 g/mol. The highest BCUT2D eigenvalue weighted by molar-refractivity contribution is 5.97. The number of rotatable bonds is 4. The van der Waals surface area contributed by atoms with E-state index >= 15 is 0 Å². The monoisotopic (exact) mass is 377 g/mol. The van der Waals surface area contributed by atoms with Crippen molar-refractivity contribution in [2.45, 2.75) is 44.1 Å². The van der Waals surface area contributed by atoms with Gasteiger partial charge in [0.05, 0.1) is 0 Å². The van der Waals surface area contributed by atoms with Gasteiger partial charge in [-0.25, -0.2) is 4.79 Å². The van der Waals surface area contributed by atoms with E-state index in [4.69, 9.17) is 0 Å². The minimum Gasteiger partial charge on any atom is -0.339 e. The van der Waals surface area contributed by atoms with Gasteiger partial charge in [0.1, 0.15) is 0 Å². The Hall–Kier alpha value is -2.82. The van der Waals surface area contributed by atoms with E-state index in [2.05, 4.69) is 22.8 Å². The summed E-state index contributed by atoms with van der Waals surface area (Å²) in [7, 11) is 0. The molecule has 0 spiro atoms. The summed E-state index contributed by atoms with van der Waals surface area (Å²) in [6, 6.07) is 17.4. The molecule has 2 atom stereocenters. The van der Waals surface area contributed by atoms with E-state index in [1.165, 1.54) is 18.4 Å². The predicted octanol–water partition coefficient (Wildman–Crippen LogP) is 4.38. The SMILES string of the molecule is O=C(Nc1cccc(C(=O)N2CCCCCC2)c1)N[C@@H]1C[C@H]1c1ccccc1. The van der Waals surface area contributed by atoms with E-state index in [1.54, 1.807) is 6.07 Å². The van der Waals surface area contributed by atoms with Crippen LogP contribution in [0.3, 0.4) is 0 Å². The Morgan fingerprint density at radius 2 is 1.64 bits per heavy atom. The molecule has 5 nitrogen and oxygen atoms in total. The Labute approximate surface area is 166 Å². The van der Waals surface area contributed by atoms with Crippen LogP contribution in [0.5, 0.6) is 0 Å². The number of carbonyl (C=O) groups excluding carboxylic acids is 2. The van der Waals surface area contributed by atoms with Crippen molar-refractivity contribution in [2.24, 2.45) is 0 Å². The summed E-state index contributed by atoms with van der Waals surface area (Å²) in [5.41, 5.74) is 2.54. The van der Waals surface area contributed by atoms with Gasteiger partial charge < -0.3 is 15.5 Å². The number of nitrogens with zero attached hydrogens (tertiary/aromatic N) is 1. The normalized spacial score (nSPS) is 21.5. The van der Waals surface area contributed by atoms with E-state index in [9.17, 15) is 9.59 Å². The molecule has 1 aliphatic heterocycles. The molecule has 2 N–H and O–H groups in total. The molecule has 1 saturated heterocycles. The predicted molar refractivity (Wildman–Crippen MR) is 111 cm³/mol. The van der Waals surface area contributed by atoms with Crippen molar-refractivity contribution in [3.63, 3.8) is 0 Å². The zero-order valence-corrected chi connectivity index (χ0v) is 16.1. The lowest BCUT2D eigenvalue weighted by molar-refractivity contribution is 0.0761. The first-order chi connectivity index (χ1) is 13.7. The first kappa shape index (κ1) is 18.5. The van der Waals surface area contributed by atoms with E-state index in [-0.39, 0.29) is 18.0 Å². The molecular formula is C23H27N3O2. The van der Waals surface area contributed by atoms with Crippen molar-refractivity contribution < 1.29 is 9.59 Å². The third kappa shape index (κ3) is 4.53. The second-order valence-corrected chi connectivity index (χ2v) is 7.75. The van der Waals surface area contributed by atoms with E-state index < -0.39 is 0 Å². The molecule has 28 heavy (non-hydrogen) atoms. The summed E-state index contributed by atoms with van der Waals surface area (Å²) >= 11 is 0. The standard InChI is InChI=1S/C23H27N3O2/c27-22(26-13-6-1-2-7-14-26)18-11-8-12-19(15-18)24-23(28)25-21-16-20(21)17-9-4-3-5-10-17/h3-5,8-12,15,20-21H,1-2,6-7,13-14,16H2,(H2,24,25,28)/t20-,21+/m0/s1. The average Bonchev–Trinajstić information content (AvgIpc) is 3.51. The number of urea groups is 1. The van der Waals surface area contributed by atoms with Crippen LogP contribution in [-0.2, 0) is 0 Å². The molecule has 4 rings (SSSR count). The highest BCUT2D eigenvalue weighted by Gasteiger charge is 2.39. The molecule has 2 fully saturated rings. The van der Waals surface area contributed by atoms with Crippen LogP contribution >= 0.6 is 0 Å². The van der Waals surface area contributed by atoms with Crippen molar-refractivity contribution >= 4 is 17.6 Å². The van der Waals surface area contributed by atoms with Crippen molar-refractivity contribution in [3.05, 3.63) is 65.7 Å². The van der Waals surface area contributed by atoms with Gasteiger partial charge >= 0.3 is 6.03 Å². The van der Waals surface area contributed by atoms with Crippen LogP contribution in [0.4, 0.5) is 10.5 Å². The molecular weight excluding hydrogens is 350 g/mol. The van der Waals surface area contributed by atoms with Gasteiger partial charge in [-0.15, -0.1) is 0 Å². The lowest BCUT2D eigenvalue weighted by Gasteiger charge is -2.20. The highest BCUT2D eigenvalue weighted by atomic mass is 16.2. The third-order valence-electron chi connectivity index (χ3n) is 5.60. The fourth-order valence-corrected chi connectivity index (χ4v) is 3.95. The van der Waals surface area contributed by atoms with Crippen molar-refractivity contribution in [3.8, 4) is 0 Å². The number of benzene rings is 2. The lowest BCUT2D eigenvalue weighted by atomic mass is 10.1. The Kier molecular flexibility index (Phi) is 5.60. The summed E-state index contributed by atoms with van der Waals surface area (Å²) < 4.78 is 0. The number of amides is 3. The fourth-order valence-electron chi connectivity index (χ4n) is 3.95. The maximum Gasteiger partial charge on any atom is 0.319 e. The lowest BCUT2D eigenvalue weighted by Crippen LogP contribution is -2.32. The zero-order chi connectivity index (χ0) is 19.3. The second-order valence-electron chi connectivity index (χ2n) is 7.75. The molecule has 1 aliphatic carbocycles. The first-order valence-electron chi connectivity index (χ1n) is 10.2. The Morgan fingerprint density at radius 3 is 2.39 bits per heavy atom. The van der Waals surface area contributed by atoms with E-state index in [0.29, 0.717) is 17.2 Å². The zero-order valence-electron chi connectivity index (χ0n) is 16.1. The molecule has 1 saturated carbocycles. The summed E-state index contributed by atoms with van der Waals surface area (Å²) in [5, 5.41) is 5.90. The van der Waals surface area contributed by atoms with Crippen LogP contribution in [0.25, 0.3) is 0 Å². The fraction of sp³-hybridized carbons (Fsp3) is 0.391. The number of nitrogens with one attached hydrogen (secondary N) is 2. The van der Waals surface area contributed by atoms with Gasteiger partial charge in [0.25, 0.3) is 5.91 Å². The smallest absolute Gasteiger partial charge is 0.319 e. The number of likely N-dealkylation sites (tertiary alicyclic amines) is 1. The third-order valence-corrected chi connectivity index (χ3v) is 5.60. The molecule has 0 radical (unpaired) electrons. The van der Waals surface area contributed by atoms with Crippen LogP contribution in [0.2, 0.25) is 0 Å². The molecule has 2 aromatic carbocycles. The van der Waals surface area contributed by atoms with Crippen molar-refractivity contribution in [1.82, 2.24) is 10.2 Å². The van der Waals surface area contributed by atoms with Gasteiger partial charge in [0.15, 0.2) is 0 Å². The molecule has 2 aromatic rings. The highest BCUT2D eigenvalue weighted by Crippen LogP contribution is 2.40. The summed E-state index contributed by atoms with van der Waals surface area (Å²) in [6.45, 7) is 1.64. The largest absolute Gasteiger partial charge is 0.339 e. The summed E-state index contributed by atoms with van der Waals surface area (Å²) in [4.78, 5) is 27.1. The maximum absolute atomic E-state index is 12.8. The Balaban J connectivity index is 1.33. The quantitative estimate of drug-likeness (QED) is 0.831. The topological polar surface area (TPSA) is 61.4 Å². The van der Waals surface area contributed by atoms with E-state index in [0.717, 1.165) is 32.4 Å². The van der Waals surface area contributed by atoms with Crippen molar-refractivity contribution in [1.29, 1.82) is 0 Å². The molecule has 3 amide bonds. The van der Waals surface area contributed by atoms with Crippen LogP contribution in [0.1, 0.15) is 53.9 Å². The number of anilines is 1. The molecule has 2 aliphatic rings. The molecule has 5 heteroatoms. The number of hydrogen-bond donors (Lipinski definition) is 2. The van der Waals surface area contributed by atoms with E-state index in [1.807, 2.05) is 41.3 Å². The van der Waals surface area contributed by atoms with Crippen LogP contribution in [0, 0.1) is 0 Å². The van der Waals surface area contributed by atoms with Gasteiger partial charge in [0.2, 0.25) is 0 Å². The van der Waals surface area contributed by atoms with Crippen LogP contribution in [0.15, 0.2) is 54.6 Å². The summed E-state index contributed by atoms with van der Waals surface area (Å²) in [6.07, 6.45) is 5.48. The van der Waals surface area contributed by atoms with Crippen LogP contribution < -0.4 is 10.6 Å². The van der Waals surface area contributed by atoms with Gasteiger partial charge in [-0.2, -0.15) is 0 Å².